The molecule has 124 valence electrons. The zero-order valence-electron chi connectivity index (χ0n) is 13.8. The number of fused-ring (bicyclic) bond motifs is 1. The highest BCUT2D eigenvalue weighted by molar-refractivity contribution is 7.90. The Bertz CT molecular complexity index is 1000. The van der Waals surface area contributed by atoms with Gasteiger partial charge in [0.25, 0.3) is 0 Å². The maximum absolute atomic E-state index is 12.5. The zero-order valence-corrected chi connectivity index (χ0v) is 14.7. The van der Waals surface area contributed by atoms with Crippen molar-refractivity contribution in [3.8, 4) is 0 Å². The van der Waals surface area contributed by atoms with E-state index in [2.05, 4.69) is 9.98 Å². The predicted molar refractivity (Wildman–Crippen MR) is 97.2 cm³/mol. The molecule has 0 aliphatic heterocycles. The van der Waals surface area contributed by atoms with Gasteiger partial charge in [-0.15, -0.1) is 0 Å². The van der Waals surface area contributed by atoms with Crippen LogP contribution in [0.2, 0.25) is 0 Å². The predicted octanol–water partition coefficient (Wildman–Crippen LogP) is 3.09. The molecule has 0 spiro atoms. The molecule has 2 aromatic carbocycles. The van der Waals surface area contributed by atoms with Crippen molar-refractivity contribution < 1.29 is 8.42 Å². The second kappa shape index (κ2) is 6.20. The van der Waals surface area contributed by atoms with Crippen LogP contribution in [0, 0.1) is 0 Å². The summed E-state index contributed by atoms with van der Waals surface area (Å²) >= 11 is 0. The third-order valence-corrected chi connectivity index (χ3v) is 5.96. The minimum Gasteiger partial charge on any atom is -0.287 e. The summed E-state index contributed by atoms with van der Waals surface area (Å²) in [5.74, 6) is 0. The summed E-state index contributed by atoms with van der Waals surface area (Å²) in [7, 11) is -1.73. The molecule has 1 heterocycles. The fourth-order valence-corrected chi connectivity index (χ4v) is 3.64. The highest BCUT2D eigenvalue weighted by atomic mass is 32.2. The van der Waals surface area contributed by atoms with Crippen molar-refractivity contribution in [2.75, 3.05) is 7.05 Å². The second-order valence-electron chi connectivity index (χ2n) is 5.78. The molecule has 0 fully saturated rings. The Labute approximate surface area is 141 Å². The summed E-state index contributed by atoms with van der Waals surface area (Å²) in [6, 6.07) is 15.4. The monoisotopic (exact) mass is 341 g/mol. The van der Waals surface area contributed by atoms with Crippen molar-refractivity contribution in [1.82, 2.24) is 8.96 Å². The van der Waals surface area contributed by atoms with E-state index in [9.17, 15) is 8.42 Å². The topological polar surface area (TPSA) is 64.3 Å². The van der Waals surface area contributed by atoms with E-state index >= 15 is 0 Å². The first kappa shape index (κ1) is 16.4. The lowest BCUT2D eigenvalue weighted by molar-refractivity contribution is 0.579. The summed E-state index contributed by atoms with van der Waals surface area (Å²) in [4.78, 5) is 8.59. The Morgan fingerprint density at radius 3 is 2.42 bits per heavy atom. The molecule has 0 aliphatic carbocycles. The van der Waals surface area contributed by atoms with E-state index in [0.717, 1.165) is 16.8 Å². The molecule has 0 saturated heterocycles. The number of rotatable bonds is 4. The molecule has 6 heteroatoms. The second-order valence-corrected chi connectivity index (χ2v) is 8.14. The van der Waals surface area contributed by atoms with E-state index < -0.39 is 15.3 Å². The van der Waals surface area contributed by atoms with Crippen LogP contribution in [0.25, 0.3) is 11.0 Å². The van der Waals surface area contributed by atoms with Crippen molar-refractivity contribution in [3.63, 3.8) is 0 Å². The van der Waals surface area contributed by atoms with Gasteiger partial charge in [0.15, 0.2) is 0 Å². The van der Waals surface area contributed by atoms with E-state index in [0.29, 0.717) is 11.0 Å². The van der Waals surface area contributed by atoms with Gasteiger partial charge in [0.2, 0.25) is 10.0 Å². The lowest BCUT2D eigenvalue weighted by Gasteiger charge is -2.11. The molecular weight excluding hydrogens is 322 g/mol. The first-order valence-electron chi connectivity index (χ1n) is 7.69. The molecule has 0 aliphatic rings. The van der Waals surface area contributed by atoms with Crippen LogP contribution < -0.4 is 0 Å². The van der Waals surface area contributed by atoms with E-state index in [1.807, 2.05) is 48.5 Å². The Kier molecular flexibility index (Phi) is 4.24. The average Bonchev–Trinajstić information content (AvgIpc) is 3.00. The van der Waals surface area contributed by atoms with Gasteiger partial charge in [-0.3, -0.25) is 4.99 Å². The van der Waals surface area contributed by atoms with Crippen LogP contribution in [-0.2, 0) is 10.0 Å². The SMILES string of the molecule is CN=C(c1ccccc1)c1ccc2ncn(S(=O)(=O)C(C)C)c2c1. The molecule has 3 rings (SSSR count). The van der Waals surface area contributed by atoms with Crippen LogP contribution in [-0.4, -0.2) is 35.4 Å². The van der Waals surface area contributed by atoms with Gasteiger partial charge < -0.3 is 0 Å². The highest BCUT2D eigenvalue weighted by Gasteiger charge is 2.21. The van der Waals surface area contributed by atoms with E-state index in [1.165, 1.54) is 10.3 Å². The summed E-state index contributed by atoms with van der Waals surface area (Å²) < 4.78 is 26.3. The van der Waals surface area contributed by atoms with E-state index in [1.54, 1.807) is 20.9 Å². The molecule has 0 bridgehead atoms. The molecule has 0 amide bonds. The van der Waals surface area contributed by atoms with Gasteiger partial charge >= 0.3 is 0 Å². The van der Waals surface area contributed by atoms with Crippen LogP contribution in [0.1, 0.15) is 25.0 Å². The van der Waals surface area contributed by atoms with Crippen molar-refractivity contribution in [2.45, 2.75) is 19.1 Å². The van der Waals surface area contributed by atoms with Crippen molar-refractivity contribution >= 4 is 26.8 Å². The molecule has 0 radical (unpaired) electrons. The summed E-state index contributed by atoms with van der Waals surface area (Å²) in [5.41, 5.74) is 3.87. The van der Waals surface area contributed by atoms with Crippen molar-refractivity contribution in [2.24, 2.45) is 4.99 Å². The van der Waals surface area contributed by atoms with Crippen LogP contribution >= 0.6 is 0 Å². The fourth-order valence-electron chi connectivity index (χ4n) is 2.58. The van der Waals surface area contributed by atoms with Gasteiger partial charge in [-0.1, -0.05) is 36.4 Å². The first-order valence-corrected chi connectivity index (χ1v) is 9.19. The summed E-state index contributed by atoms with van der Waals surface area (Å²) in [6.07, 6.45) is 1.37. The van der Waals surface area contributed by atoms with Crippen LogP contribution in [0.3, 0.4) is 0 Å². The number of aliphatic imine (C=N–C) groups is 1. The molecule has 0 unspecified atom stereocenters. The Morgan fingerprint density at radius 2 is 1.79 bits per heavy atom. The number of nitrogens with zero attached hydrogens (tertiary/aromatic N) is 3. The minimum atomic E-state index is -3.46. The van der Waals surface area contributed by atoms with Gasteiger partial charge in [0, 0.05) is 18.2 Å². The van der Waals surface area contributed by atoms with E-state index in [4.69, 9.17) is 0 Å². The quantitative estimate of drug-likeness (QED) is 0.685. The number of benzene rings is 2. The average molecular weight is 341 g/mol. The maximum Gasteiger partial charge on any atom is 0.242 e. The molecule has 5 nitrogen and oxygen atoms in total. The standard InChI is InChI=1S/C18H19N3O2S/c1-13(2)24(22,23)21-12-20-16-10-9-15(11-17(16)21)18(19-3)14-7-5-4-6-8-14/h4-13H,1-3H3. The largest absolute Gasteiger partial charge is 0.287 e. The Hall–Kier alpha value is -2.47. The molecular formula is C18H19N3O2S. The summed E-state index contributed by atoms with van der Waals surface area (Å²) in [6.45, 7) is 3.32. The smallest absolute Gasteiger partial charge is 0.242 e. The number of hydrogen-bond acceptors (Lipinski definition) is 4. The number of imidazole rings is 1. The lowest BCUT2D eigenvalue weighted by atomic mass is 10.0. The van der Waals surface area contributed by atoms with Gasteiger partial charge in [-0.25, -0.2) is 17.4 Å². The Balaban J connectivity index is 2.19. The first-order chi connectivity index (χ1) is 11.4. The molecule has 0 saturated carbocycles. The van der Waals surface area contributed by atoms with Crippen LogP contribution in [0.5, 0.6) is 0 Å². The fraction of sp³-hybridized carbons (Fsp3) is 0.222. The summed E-state index contributed by atoms with van der Waals surface area (Å²) in [5, 5.41) is -0.521. The van der Waals surface area contributed by atoms with Gasteiger partial charge in [0.05, 0.1) is 22.0 Å². The van der Waals surface area contributed by atoms with Crippen molar-refractivity contribution in [1.29, 1.82) is 0 Å². The van der Waals surface area contributed by atoms with Crippen LogP contribution in [0.4, 0.5) is 0 Å². The van der Waals surface area contributed by atoms with Crippen molar-refractivity contribution in [3.05, 3.63) is 66.0 Å². The molecule has 1 aromatic heterocycles. The zero-order chi connectivity index (χ0) is 17.3. The molecule has 0 atom stereocenters. The normalized spacial score (nSPS) is 12.9. The number of aromatic nitrogens is 2. The molecule has 0 N–H and O–H groups in total. The highest BCUT2D eigenvalue weighted by Crippen LogP contribution is 2.21. The van der Waals surface area contributed by atoms with Crippen LogP contribution in [0.15, 0.2) is 59.9 Å². The third kappa shape index (κ3) is 2.73. The minimum absolute atomic E-state index is 0.521. The Morgan fingerprint density at radius 1 is 1.08 bits per heavy atom. The third-order valence-electron chi connectivity index (χ3n) is 3.93. The van der Waals surface area contributed by atoms with E-state index in [-0.39, 0.29) is 0 Å². The molecule has 3 aromatic rings. The molecule has 24 heavy (non-hydrogen) atoms. The van der Waals surface area contributed by atoms with Gasteiger partial charge in [0.1, 0.15) is 6.33 Å². The lowest BCUT2D eigenvalue weighted by Crippen LogP contribution is -2.21. The van der Waals surface area contributed by atoms with Gasteiger partial charge in [-0.2, -0.15) is 0 Å². The number of hydrogen-bond donors (Lipinski definition) is 0. The van der Waals surface area contributed by atoms with Gasteiger partial charge in [-0.05, 0) is 26.0 Å². The maximum atomic E-state index is 12.5.